The van der Waals surface area contributed by atoms with E-state index in [1.807, 2.05) is 30.3 Å². The molecule has 3 N–H and O–H groups in total. The lowest BCUT2D eigenvalue weighted by Crippen LogP contribution is -2.26. The number of carbonyl (C=O) groups excluding carboxylic acids is 1. The summed E-state index contributed by atoms with van der Waals surface area (Å²) in [6.45, 7) is 0.574. The molecule has 0 radical (unpaired) electrons. The number of amides is 1. The zero-order valence-corrected chi connectivity index (χ0v) is 9.68. The molecular weight excluding hydrogens is 214 g/mol. The topological polar surface area (TPSA) is 62.1 Å². The van der Waals surface area contributed by atoms with E-state index in [4.69, 9.17) is 5.73 Å². The van der Waals surface area contributed by atoms with Crippen LogP contribution in [0.15, 0.2) is 42.7 Å². The van der Waals surface area contributed by atoms with E-state index >= 15 is 0 Å². The van der Waals surface area contributed by atoms with Crippen molar-refractivity contribution >= 4 is 11.6 Å². The third-order valence-corrected chi connectivity index (χ3v) is 2.62. The van der Waals surface area contributed by atoms with Crippen LogP contribution in [0.4, 0.5) is 5.69 Å². The molecule has 4 nitrogen and oxygen atoms in total. The van der Waals surface area contributed by atoms with E-state index in [1.54, 1.807) is 24.3 Å². The smallest absolute Gasteiger partial charge is 0.257 e. The Bertz CT molecular complexity index is 504. The van der Waals surface area contributed by atoms with Gasteiger partial charge in [0.2, 0.25) is 0 Å². The number of nitrogens with one attached hydrogen (secondary N) is 1. The summed E-state index contributed by atoms with van der Waals surface area (Å²) in [5, 5.41) is 0. The number of anilines is 1. The number of H-pyrrole nitrogens is 1. The molecule has 0 atom stereocenters. The van der Waals surface area contributed by atoms with Gasteiger partial charge in [-0.05, 0) is 5.56 Å². The van der Waals surface area contributed by atoms with Crippen LogP contribution >= 0.6 is 0 Å². The summed E-state index contributed by atoms with van der Waals surface area (Å²) < 4.78 is 0. The first-order chi connectivity index (χ1) is 8.18. The summed E-state index contributed by atoms with van der Waals surface area (Å²) in [6.07, 6.45) is 3.24. The Morgan fingerprint density at radius 3 is 2.59 bits per heavy atom. The summed E-state index contributed by atoms with van der Waals surface area (Å²) in [4.78, 5) is 16.5. The fourth-order valence-corrected chi connectivity index (χ4v) is 1.70. The van der Waals surface area contributed by atoms with Gasteiger partial charge in [0.25, 0.3) is 5.91 Å². The van der Waals surface area contributed by atoms with Crippen LogP contribution in [0.25, 0.3) is 0 Å². The van der Waals surface area contributed by atoms with Gasteiger partial charge in [-0.1, -0.05) is 30.3 Å². The van der Waals surface area contributed by atoms with Gasteiger partial charge in [-0.2, -0.15) is 0 Å². The number of rotatable bonds is 3. The molecule has 0 fully saturated rings. The Morgan fingerprint density at radius 2 is 2.00 bits per heavy atom. The quantitative estimate of drug-likeness (QED) is 0.844. The van der Waals surface area contributed by atoms with Crippen LogP contribution < -0.4 is 5.73 Å². The van der Waals surface area contributed by atoms with Crippen molar-refractivity contribution in [3.63, 3.8) is 0 Å². The second-order valence-corrected chi connectivity index (χ2v) is 3.97. The highest BCUT2D eigenvalue weighted by Crippen LogP contribution is 2.13. The minimum atomic E-state index is -0.0763. The van der Waals surface area contributed by atoms with Gasteiger partial charge in [0.15, 0.2) is 0 Å². The Kier molecular flexibility index (Phi) is 3.14. The van der Waals surface area contributed by atoms with Crippen molar-refractivity contribution in [2.24, 2.45) is 0 Å². The zero-order valence-electron chi connectivity index (χ0n) is 9.68. The van der Waals surface area contributed by atoms with E-state index in [9.17, 15) is 4.79 Å². The van der Waals surface area contributed by atoms with Crippen molar-refractivity contribution in [3.8, 4) is 0 Å². The maximum Gasteiger partial charge on any atom is 0.257 e. The highest BCUT2D eigenvalue weighted by Gasteiger charge is 2.15. The molecule has 1 aromatic heterocycles. The monoisotopic (exact) mass is 229 g/mol. The first kappa shape index (κ1) is 11.3. The third-order valence-electron chi connectivity index (χ3n) is 2.62. The lowest BCUT2D eigenvalue weighted by Gasteiger charge is -2.16. The van der Waals surface area contributed by atoms with Crippen molar-refractivity contribution in [2.45, 2.75) is 6.54 Å². The molecule has 0 bridgehead atoms. The average Bonchev–Trinajstić information content (AvgIpc) is 2.76. The van der Waals surface area contributed by atoms with Crippen LogP contribution in [0.1, 0.15) is 15.9 Å². The van der Waals surface area contributed by atoms with Crippen molar-refractivity contribution in [1.29, 1.82) is 0 Å². The first-order valence-electron chi connectivity index (χ1n) is 5.40. The Labute approximate surface area is 100 Å². The lowest BCUT2D eigenvalue weighted by molar-refractivity contribution is 0.0786. The van der Waals surface area contributed by atoms with Gasteiger partial charge in [-0.25, -0.2) is 0 Å². The van der Waals surface area contributed by atoms with E-state index in [0.29, 0.717) is 17.8 Å². The number of nitrogen functional groups attached to an aromatic ring is 1. The molecule has 0 saturated carbocycles. The van der Waals surface area contributed by atoms with Gasteiger partial charge >= 0.3 is 0 Å². The van der Waals surface area contributed by atoms with E-state index in [0.717, 1.165) is 5.56 Å². The molecule has 17 heavy (non-hydrogen) atoms. The second kappa shape index (κ2) is 4.74. The highest BCUT2D eigenvalue weighted by atomic mass is 16.2. The molecule has 0 aliphatic rings. The fourth-order valence-electron chi connectivity index (χ4n) is 1.70. The molecule has 2 rings (SSSR count). The predicted octanol–water partition coefficient (Wildman–Crippen LogP) is 1.87. The summed E-state index contributed by atoms with van der Waals surface area (Å²) in [6, 6.07) is 9.85. The minimum Gasteiger partial charge on any atom is -0.397 e. The molecule has 1 aromatic carbocycles. The van der Waals surface area contributed by atoms with Gasteiger partial charge in [-0.15, -0.1) is 0 Å². The van der Waals surface area contributed by atoms with Crippen LogP contribution in [-0.4, -0.2) is 22.8 Å². The Hall–Kier alpha value is -2.23. The molecule has 88 valence electrons. The SMILES string of the molecule is CN(Cc1ccccc1)C(=O)c1c[nH]cc1N. The minimum absolute atomic E-state index is 0.0763. The molecular formula is C13H15N3O. The number of nitrogens with zero attached hydrogens (tertiary/aromatic N) is 1. The van der Waals surface area contributed by atoms with Gasteiger partial charge in [-0.3, -0.25) is 4.79 Å². The molecule has 0 unspecified atom stereocenters. The summed E-state index contributed by atoms with van der Waals surface area (Å²) in [5.41, 5.74) is 7.79. The van der Waals surface area contributed by atoms with Crippen LogP contribution in [0, 0.1) is 0 Å². The molecule has 0 aliphatic heterocycles. The van der Waals surface area contributed by atoms with Crippen LogP contribution in [0.3, 0.4) is 0 Å². The number of aromatic nitrogens is 1. The standard InChI is InChI=1S/C13H15N3O/c1-16(9-10-5-3-2-4-6-10)13(17)11-7-15-8-12(11)14/h2-8,15H,9,14H2,1H3. The van der Waals surface area contributed by atoms with Gasteiger partial charge in [0.05, 0.1) is 11.3 Å². The average molecular weight is 229 g/mol. The maximum atomic E-state index is 12.1. The van der Waals surface area contributed by atoms with Gasteiger partial charge in [0.1, 0.15) is 0 Å². The normalized spacial score (nSPS) is 10.2. The number of hydrogen-bond donors (Lipinski definition) is 2. The highest BCUT2D eigenvalue weighted by molar-refractivity contribution is 5.98. The summed E-state index contributed by atoms with van der Waals surface area (Å²) >= 11 is 0. The molecule has 1 amide bonds. The van der Waals surface area contributed by atoms with E-state index in [1.165, 1.54) is 0 Å². The number of aromatic amines is 1. The van der Waals surface area contributed by atoms with Crippen molar-refractivity contribution in [2.75, 3.05) is 12.8 Å². The molecule has 0 spiro atoms. The zero-order chi connectivity index (χ0) is 12.3. The number of hydrogen-bond acceptors (Lipinski definition) is 2. The van der Waals surface area contributed by atoms with Gasteiger partial charge in [0, 0.05) is 26.0 Å². The van der Waals surface area contributed by atoms with Crippen LogP contribution in [0.2, 0.25) is 0 Å². The predicted molar refractivity (Wildman–Crippen MR) is 67.4 cm³/mol. The molecule has 2 aromatic rings. The van der Waals surface area contributed by atoms with Crippen LogP contribution in [0.5, 0.6) is 0 Å². The van der Waals surface area contributed by atoms with E-state index in [-0.39, 0.29) is 5.91 Å². The van der Waals surface area contributed by atoms with Crippen molar-refractivity contribution in [3.05, 3.63) is 53.9 Å². The number of carbonyl (C=O) groups is 1. The third kappa shape index (κ3) is 2.47. The first-order valence-corrected chi connectivity index (χ1v) is 5.40. The van der Waals surface area contributed by atoms with E-state index < -0.39 is 0 Å². The molecule has 1 heterocycles. The number of benzene rings is 1. The van der Waals surface area contributed by atoms with Crippen molar-refractivity contribution < 1.29 is 4.79 Å². The van der Waals surface area contributed by atoms with Crippen LogP contribution in [-0.2, 0) is 6.54 Å². The molecule has 0 saturated heterocycles. The lowest BCUT2D eigenvalue weighted by atomic mass is 10.2. The summed E-state index contributed by atoms with van der Waals surface area (Å²) in [5.74, 6) is -0.0763. The fraction of sp³-hybridized carbons (Fsp3) is 0.154. The van der Waals surface area contributed by atoms with Gasteiger partial charge < -0.3 is 15.6 Å². The van der Waals surface area contributed by atoms with Crippen molar-refractivity contribution in [1.82, 2.24) is 9.88 Å². The Balaban J connectivity index is 2.09. The second-order valence-electron chi connectivity index (χ2n) is 3.97. The number of nitrogens with two attached hydrogens (primary N) is 1. The van der Waals surface area contributed by atoms with E-state index in [2.05, 4.69) is 4.98 Å². The molecule has 0 aliphatic carbocycles. The Morgan fingerprint density at radius 1 is 1.29 bits per heavy atom. The maximum absolute atomic E-state index is 12.1. The summed E-state index contributed by atoms with van der Waals surface area (Å²) in [7, 11) is 1.77. The molecule has 4 heteroatoms. The largest absolute Gasteiger partial charge is 0.397 e.